The molecule has 0 saturated heterocycles. The summed E-state index contributed by atoms with van der Waals surface area (Å²) in [4.78, 5) is 0. The Morgan fingerprint density at radius 1 is 1.24 bits per heavy atom. The smallest absolute Gasteiger partial charge is 0.0891 e. The maximum atomic E-state index is 11.1. The minimum atomic E-state index is -0.703. The van der Waals surface area contributed by atoms with Gasteiger partial charge < -0.3 is 5.11 Å². The van der Waals surface area contributed by atoms with E-state index in [-0.39, 0.29) is 5.41 Å². The molecular weight excluding hydrogens is 210 g/mol. The van der Waals surface area contributed by atoms with Crippen LogP contribution in [0.5, 0.6) is 0 Å². The second-order valence-corrected chi connectivity index (χ2v) is 7.54. The molecule has 3 saturated carbocycles. The van der Waals surface area contributed by atoms with Gasteiger partial charge in [-0.25, -0.2) is 0 Å². The summed E-state index contributed by atoms with van der Waals surface area (Å²) in [6.07, 6.45) is 7.31. The normalized spacial score (nSPS) is 51.6. The first-order chi connectivity index (χ1) is 7.91. The third-order valence-electron chi connectivity index (χ3n) is 5.87. The molecule has 0 heterocycles. The molecule has 17 heavy (non-hydrogen) atoms. The van der Waals surface area contributed by atoms with Crippen molar-refractivity contribution in [1.82, 2.24) is 0 Å². The van der Waals surface area contributed by atoms with Gasteiger partial charge in [0, 0.05) is 0 Å². The number of rotatable bonds is 1. The maximum absolute atomic E-state index is 11.1. The van der Waals surface area contributed by atoms with Gasteiger partial charge in [-0.1, -0.05) is 20.3 Å². The number of hydrogen-bond acceptors (Lipinski definition) is 2. The minimum absolute atomic E-state index is 0.209. The molecule has 3 fully saturated rings. The Morgan fingerprint density at radius 3 is 2.41 bits per heavy atom. The SMILES string of the molecule is CC1(C)CCC(O)(C2(C#N)CC3CCC2C3)C1. The predicted octanol–water partition coefficient (Wildman–Crippen LogP) is 3.26. The third-order valence-corrected chi connectivity index (χ3v) is 5.87. The molecule has 0 aromatic rings. The summed E-state index contributed by atoms with van der Waals surface area (Å²) in [7, 11) is 0. The van der Waals surface area contributed by atoms with E-state index < -0.39 is 11.0 Å². The summed E-state index contributed by atoms with van der Waals surface area (Å²) in [5.74, 6) is 1.18. The van der Waals surface area contributed by atoms with Crippen molar-refractivity contribution in [3.05, 3.63) is 0 Å². The molecule has 3 rings (SSSR count). The molecule has 0 aromatic heterocycles. The molecular formula is C15H23NO. The molecule has 1 N–H and O–H groups in total. The number of fused-ring (bicyclic) bond motifs is 2. The first kappa shape index (κ1) is 11.5. The Bertz CT molecular complexity index is 383. The van der Waals surface area contributed by atoms with E-state index in [2.05, 4.69) is 19.9 Å². The van der Waals surface area contributed by atoms with Crippen molar-refractivity contribution in [3.8, 4) is 6.07 Å². The highest BCUT2D eigenvalue weighted by Crippen LogP contribution is 2.65. The molecule has 0 radical (unpaired) electrons. The Morgan fingerprint density at radius 2 is 2.00 bits per heavy atom. The monoisotopic (exact) mass is 233 g/mol. The van der Waals surface area contributed by atoms with Gasteiger partial charge in [0.05, 0.1) is 17.1 Å². The van der Waals surface area contributed by atoms with E-state index >= 15 is 0 Å². The van der Waals surface area contributed by atoms with Crippen LogP contribution in [-0.2, 0) is 0 Å². The highest BCUT2D eigenvalue weighted by atomic mass is 16.3. The lowest BCUT2D eigenvalue weighted by molar-refractivity contribution is -0.0824. The summed E-state index contributed by atoms with van der Waals surface area (Å²) >= 11 is 0. The van der Waals surface area contributed by atoms with Gasteiger partial charge in [-0.3, -0.25) is 0 Å². The lowest BCUT2D eigenvalue weighted by Gasteiger charge is -2.44. The van der Waals surface area contributed by atoms with Gasteiger partial charge in [0.1, 0.15) is 0 Å². The minimum Gasteiger partial charge on any atom is -0.388 e. The fraction of sp³-hybridized carbons (Fsp3) is 0.933. The van der Waals surface area contributed by atoms with Crippen molar-refractivity contribution in [2.45, 2.75) is 64.4 Å². The Kier molecular flexibility index (Phi) is 2.21. The van der Waals surface area contributed by atoms with Gasteiger partial charge in [-0.05, 0) is 55.8 Å². The molecule has 3 aliphatic rings. The lowest BCUT2D eigenvalue weighted by Crippen LogP contribution is -2.49. The van der Waals surface area contributed by atoms with Crippen LogP contribution in [0.4, 0.5) is 0 Å². The van der Waals surface area contributed by atoms with Gasteiger partial charge in [0.2, 0.25) is 0 Å². The highest BCUT2D eigenvalue weighted by Gasteiger charge is 2.64. The average Bonchev–Trinajstić information content (AvgIpc) is 2.91. The maximum Gasteiger partial charge on any atom is 0.0891 e. The van der Waals surface area contributed by atoms with Crippen molar-refractivity contribution in [2.24, 2.45) is 22.7 Å². The largest absolute Gasteiger partial charge is 0.388 e. The molecule has 0 amide bonds. The third kappa shape index (κ3) is 1.41. The van der Waals surface area contributed by atoms with Crippen LogP contribution in [0.1, 0.15) is 58.8 Å². The standard InChI is InChI=1S/C15H23NO/c1-13(2)5-6-15(17,9-13)14(10-16)8-11-3-4-12(14)7-11/h11-12,17H,3-9H2,1-2H3. The van der Waals surface area contributed by atoms with Crippen LogP contribution in [0.3, 0.4) is 0 Å². The molecule has 4 unspecified atom stereocenters. The summed E-state index contributed by atoms with van der Waals surface area (Å²) < 4.78 is 0. The first-order valence-electron chi connectivity index (χ1n) is 7.04. The molecule has 3 aliphatic carbocycles. The number of hydrogen-bond donors (Lipinski definition) is 1. The molecule has 0 aromatic carbocycles. The molecule has 94 valence electrons. The van der Waals surface area contributed by atoms with Gasteiger partial charge in [0.15, 0.2) is 0 Å². The number of nitrogens with zero attached hydrogens (tertiary/aromatic N) is 1. The van der Waals surface area contributed by atoms with Crippen LogP contribution in [-0.4, -0.2) is 10.7 Å². The average molecular weight is 233 g/mol. The van der Waals surface area contributed by atoms with Gasteiger partial charge in [-0.2, -0.15) is 5.26 Å². The molecule has 2 nitrogen and oxygen atoms in total. The van der Waals surface area contributed by atoms with E-state index in [1.54, 1.807) is 0 Å². The van der Waals surface area contributed by atoms with Crippen LogP contribution >= 0.6 is 0 Å². The molecule has 0 spiro atoms. The van der Waals surface area contributed by atoms with Crippen LogP contribution in [0.2, 0.25) is 0 Å². The molecule has 2 heteroatoms. The van der Waals surface area contributed by atoms with E-state index in [1.165, 1.54) is 19.3 Å². The first-order valence-corrected chi connectivity index (χ1v) is 7.04. The van der Waals surface area contributed by atoms with Gasteiger partial charge in [0.25, 0.3) is 0 Å². The zero-order chi connectivity index (χ0) is 12.3. The van der Waals surface area contributed by atoms with Crippen molar-refractivity contribution < 1.29 is 5.11 Å². The van der Waals surface area contributed by atoms with E-state index in [0.29, 0.717) is 11.8 Å². The van der Waals surface area contributed by atoms with Crippen molar-refractivity contribution >= 4 is 0 Å². The van der Waals surface area contributed by atoms with Crippen LogP contribution < -0.4 is 0 Å². The van der Waals surface area contributed by atoms with E-state index in [4.69, 9.17) is 0 Å². The fourth-order valence-electron chi connectivity index (χ4n) is 5.04. The number of nitriles is 1. The summed E-state index contributed by atoms with van der Waals surface area (Å²) in [5.41, 5.74) is -0.908. The second-order valence-electron chi connectivity index (χ2n) is 7.54. The predicted molar refractivity (Wildman–Crippen MR) is 66.1 cm³/mol. The van der Waals surface area contributed by atoms with Crippen molar-refractivity contribution in [2.75, 3.05) is 0 Å². The van der Waals surface area contributed by atoms with E-state index in [9.17, 15) is 10.4 Å². The Balaban J connectivity index is 1.95. The highest BCUT2D eigenvalue weighted by molar-refractivity contribution is 5.22. The zero-order valence-corrected chi connectivity index (χ0v) is 11.0. The van der Waals surface area contributed by atoms with Crippen LogP contribution in [0.25, 0.3) is 0 Å². The molecule has 4 atom stereocenters. The van der Waals surface area contributed by atoms with Crippen LogP contribution in [0, 0.1) is 34.0 Å². The zero-order valence-electron chi connectivity index (χ0n) is 11.0. The van der Waals surface area contributed by atoms with E-state index in [0.717, 1.165) is 25.7 Å². The quantitative estimate of drug-likeness (QED) is 0.755. The molecule has 0 aliphatic heterocycles. The second kappa shape index (κ2) is 3.26. The van der Waals surface area contributed by atoms with Crippen molar-refractivity contribution in [1.29, 1.82) is 5.26 Å². The lowest BCUT2D eigenvalue weighted by atomic mass is 9.61. The summed E-state index contributed by atoms with van der Waals surface area (Å²) in [6.45, 7) is 4.45. The Labute approximate surface area is 104 Å². The topological polar surface area (TPSA) is 44.0 Å². The fourth-order valence-corrected chi connectivity index (χ4v) is 5.04. The van der Waals surface area contributed by atoms with Crippen molar-refractivity contribution in [3.63, 3.8) is 0 Å². The van der Waals surface area contributed by atoms with Gasteiger partial charge >= 0.3 is 0 Å². The van der Waals surface area contributed by atoms with Gasteiger partial charge in [-0.15, -0.1) is 0 Å². The molecule has 2 bridgehead atoms. The summed E-state index contributed by atoms with van der Waals surface area (Å²) in [5, 5.41) is 20.8. The van der Waals surface area contributed by atoms with E-state index in [1.807, 2.05) is 0 Å². The van der Waals surface area contributed by atoms with Crippen LogP contribution in [0.15, 0.2) is 0 Å². The Hall–Kier alpha value is -0.550. The summed E-state index contributed by atoms with van der Waals surface area (Å²) in [6, 6.07) is 2.58. The number of aliphatic hydroxyl groups is 1.